The fraction of sp³-hybridized carbons (Fsp3) is 0.333. The van der Waals surface area contributed by atoms with Crippen molar-refractivity contribution in [3.8, 4) is 0 Å². The zero-order valence-electron chi connectivity index (χ0n) is 11.5. The minimum atomic E-state index is 0.669. The number of nitrogens with zero attached hydrogens (tertiary/aromatic N) is 1. The number of benzene rings is 2. The zero-order valence-corrected chi connectivity index (χ0v) is 11.5. The Morgan fingerprint density at radius 3 is 2.05 bits per heavy atom. The van der Waals surface area contributed by atoms with Crippen molar-refractivity contribution in [3.05, 3.63) is 71.3 Å². The van der Waals surface area contributed by atoms with E-state index in [1.54, 1.807) is 11.1 Å². The Balaban J connectivity index is 1.71. The van der Waals surface area contributed by atoms with E-state index in [0.717, 1.165) is 13.1 Å². The van der Waals surface area contributed by atoms with Crippen LogP contribution in [0.5, 0.6) is 0 Å². The third kappa shape index (κ3) is 2.71. The highest BCUT2D eigenvalue weighted by molar-refractivity contribution is 5.33. The highest BCUT2D eigenvalue weighted by Gasteiger charge is 2.25. The predicted octanol–water partition coefficient (Wildman–Crippen LogP) is 3.68. The maximum absolute atomic E-state index is 2.61. The van der Waals surface area contributed by atoms with Crippen molar-refractivity contribution < 1.29 is 0 Å². The Hall–Kier alpha value is -1.60. The van der Waals surface area contributed by atoms with Gasteiger partial charge in [-0.25, -0.2) is 0 Å². The molecular formula is C18H21N. The third-order valence-corrected chi connectivity index (χ3v) is 4.18. The molecule has 0 saturated heterocycles. The first-order valence-electron chi connectivity index (χ1n) is 7.21. The summed E-state index contributed by atoms with van der Waals surface area (Å²) < 4.78 is 0. The van der Waals surface area contributed by atoms with Gasteiger partial charge in [-0.05, 0) is 36.1 Å². The van der Waals surface area contributed by atoms with Gasteiger partial charge in [0.05, 0.1) is 0 Å². The lowest BCUT2D eigenvalue weighted by molar-refractivity contribution is 0.203. The van der Waals surface area contributed by atoms with Crippen LogP contribution in [0.15, 0.2) is 54.6 Å². The summed E-state index contributed by atoms with van der Waals surface area (Å²) in [5, 5.41) is 0. The van der Waals surface area contributed by atoms with Crippen molar-refractivity contribution in [3.63, 3.8) is 0 Å². The lowest BCUT2D eigenvalue weighted by Crippen LogP contribution is -2.35. The molecule has 3 rings (SSSR count). The predicted molar refractivity (Wildman–Crippen MR) is 80.2 cm³/mol. The molecule has 0 aliphatic heterocycles. The Morgan fingerprint density at radius 1 is 0.895 bits per heavy atom. The van der Waals surface area contributed by atoms with E-state index in [2.05, 4.69) is 66.4 Å². The largest absolute Gasteiger partial charge is 0.296 e. The molecule has 1 aliphatic rings. The number of likely N-dealkylation sites (N-methyl/N-ethyl adjacent to an activating group) is 1. The van der Waals surface area contributed by atoms with Gasteiger partial charge >= 0.3 is 0 Å². The molecule has 1 heteroatoms. The molecule has 0 bridgehead atoms. The molecule has 19 heavy (non-hydrogen) atoms. The van der Waals surface area contributed by atoms with E-state index in [4.69, 9.17) is 0 Å². The molecule has 1 nitrogen and oxygen atoms in total. The topological polar surface area (TPSA) is 3.24 Å². The average molecular weight is 251 g/mol. The van der Waals surface area contributed by atoms with Crippen molar-refractivity contribution in [1.29, 1.82) is 0 Å². The van der Waals surface area contributed by atoms with E-state index >= 15 is 0 Å². The summed E-state index contributed by atoms with van der Waals surface area (Å²) in [4.78, 5) is 2.61. The summed E-state index contributed by atoms with van der Waals surface area (Å²) >= 11 is 0. The van der Waals surface area contributed by atoms with Crippen LogP contribution in [-0.2, 0) is 19.4 Å². The minimum absolute atomic E-state index is 0.669. The van der Waals surface area contributed by atoms with Crippen LogP contribution in [0, 0.1) is 0 Å². The van der Waals surface area contributed by atoms with Gasteiger partial charge < -0.3 is 0 Å². The number of hydrogen-bond acceptors (Lipinski definition) is 1. The number of rotatable bonds is 4. The Labute approximate surface area is 115 Å². The lowest BCUT2D eigenvalue weighted by Gasteiger charge is -2.27. The molecule has 0 fully saturated rings. The first kappa shape index (κ1) is 12.4. The molecule has 0 radical (unpaired) electrons. The van der Waals surface area contributed by atoms with E-state index in [-0.39, 0.29) is 0 Å². The molecule has 2 aromatic carbocycles. The molecule has 0 aromatic heterocycles. The van der Waals surface area contributed by atoms with Crippen molar-refractivity contribution >= 4 is 0 Å². The molecule has 0 spiro atoms. The van der Waals surface area contributed by atoms with Crippen LogP contribution in [0.1, 0.15) is 23.6 Å². The highest BCUT2D eigenvalue weighted by Crippen LogP contribution is 2.26. The van der Waals surface area contributed by atoms with Gasteiger partial charge in [0.2, 0.25) is 0 Å². The van der Waals surface area contributed by atoms with Crippen LogP contribution < -0.4 is 0 Å². The van der Waals surface area contributed by atoms with E-state index < -0.39 is 0 Å². The van der Waals surface area contributed by atoms with Crippen LogP contribution in [0.25, 0.3) is 0 Å². The molecule has 98 valence electrons. The fourth-order valence-electron chi connectivity index (χ4n) is 3.11. The lowest BCUT2D eigenvalue weighted by atomic mass is 10.1. The summed E-state index contributed by atoms with van der Waals surface area (Å²) in [7, 11) is 0. The fourth-order valence-corrected chi connectivity index (χ4v) is 3.11. The second-order valence-electron chi connectivity index (χ2n) is 5.38. The third-order valence-electron chi connectivity index (χ3n) is 4.18. The van der Waals surface area contributed by atoms with Crippen LogP contribution >= 0.6 is 0 Å². The molecule has 0 saturated carbocycles. The van der Waals surface area contributed by atoms with Crippen LogP contribution in [0.4, 0.5) is 0 Å². The van der Waals surface area contributed by atoms with Gasteiger partial charge in [-0.3, -0.25) is 4.90 Å². The van der Waals surface area contributed by atoms with Gasteiger partial charge in [-0.1, -0.05) is 61.5 Å². The van der Waals surface area contributed by atoms with Crippen LogP contribution in [0.3, 0.4) is 0 Å². The summed E-state index contributed by atoms with van der Waals surface area (Å²) in [5.41, 5.74) is 4.50. The van der Waals surface area contributed by atoms with Gasteiger partial charge in [0.25, 0.3) is 0 Å². The highest BCUT2D eigenvalue weighted by atomic mass is 15.1. The van der Waals surface area contributed by atoms with E-state index in [1.165, 1.54) is 18.4 Å². The van der Waals surface area contributed by atoms with Gasteiger partial charge in [0.15, 0.2) is 0 Å². The van der Waals surface area contributed by atoms with Gasteiger partial charge in [-0.2, -0.15) is 0 Å². The summed E-state index contributed by atoms with van der Waals surface area (Å²) in [5.74, 6) is 0. The van der Waals surface area contributed by atoms with E-state index in [0.29, 0.717) is 6.04 Å². The smallest absolute Gasteiger partial charge is 0.0236 e. The second-order valence-corrected chi connectivity index (χ2v) is 5.38. The average Bonchev–Trinajstić information content (AvgIpc) is 2.89. The Kier molecular flexibility index (Phi) is 3.65. The molecule has 0 unspecified atom stereocenters. The normalized spacial score (nSPS) is 14.8. The van der Waals surface area contributed by atoms with Crippen molar-refractivity contribution in [1.82, 2.24) is 4.90 Å². The zero-order chi connectivity index (χ0) is 13.1. The monoisotopic (exact) mass is 251 g/mol. The van der Waals surface area contributed by atoms with Gasteiger partial charge in [0, 0.05) is 12.6 Å². The molecule has 0 atom stereocenters. The van der Waals surface area contributed by atoms with E-state index in [1.807, 2.05) is 0 Å². The van der Waals surface area contributed by atoms with Gasteiger partial charge in [-0.15, -0.1) is 0 Å². The maximum atomic E-state index is 2.61. The first-order valence-corrected chi connectivity index (χ1v) is 7.21. The Bertz CT molecular complexity index is 507. The van der Waals surface area contributed by atoms with Crippen molar-refractivity contribution in [2.24, 2.45) is 0 Å². The minimum Gasteiger partial charge on any atom is -0.296 e. The summed E-state index contributed by atoms with van der Waals surface area (Å²) in [6.45, 7) is 4.45. The maximum Gasteiger partial charge on any atom is 0.0236 e. The molecule has 0 heterocycles. The first-order chi connectivity index (χ1) is 9.36. The summed E-state index contributed by atoms with van der Waals surface area (Å²) in [6, 6.07) is 20.4. The quantitative estimate of drug-likeness (QED) is 0.801. The van der Waals surface area contributed by atoms with Crippen molar-refractivity contribution in [2.75, 3.05) is 6.54 Å². The standard InChI is InChI=1S/C18H21N/c1-2-19(14-15-8-4-3-5-9-15)18-12-16-10-6-7-11-17(16)13-18/h3-11,18H,2,12-14H2,1H3. The molecule has 2 aromatic rings. The number of fused-ring (bicyclic) bond motifs is 1. The SMILES string of the molecule is CCN(Cc1ccccc1)C1Cc2ccccc2C1. The van der Waals surface area contributed by atoms with Crippen molar-refractivity contribution in [2.45, 2.75) is 32.4 Å². The second kappa shape index (κ2) is 5.58. The summed E-state index contributed by atoms with van der Waals surface area (Å²) in [6.07, 6.45) is 2.41. The van der Waals surface area contributed by atoms with Crippen LogP contribution in [-0.4, -0.2) is 17.5 Å². The van der Waals surface area contributed by atoms with Crippen LogP contribution in [0.2, 0.25) is 0 Å². The van der Waals surface area contributed by atoms with Gasteiger partial charge in [0.1, 0.15) is 0 Å². The molecule has 1 aliphatic carbocycles. The number of hydrogen-bond donors (Lipinski definition) is 0. The van der Waals surface area contributed by atoms with E-state index in [9.17, 15) is 0 Å². The molecule has 0 N–H and O–H groups in total. The molecular weight excluding hydrogens is 230 g/mol. The molecule has 0 amide bonds. The Morgan fingerprint density at radius 2 is 1.47 bits per heavy atom.